The lowest BCUT2D eigenvalue weighted by molar-refractivity contribution is -0.132. The number of ketones is 1. The first-order valence-corrected chi connectivity index (χ1v) is 14.5. The summed E-state index contributed by atoms with van der Waals surface area (Å²) in [6.07, 6.45) is 0.578. The van der Waals surface area contributed by atoms with E-state index in [9.17, 15) is 14.4 Å². The molecular weight excluding hydrogens is 573 g/mol. The maximum absolute atomic E-state index is 13.1. The number of tetrazole rings is 1. The molecule has 10 nitrogen and oxygen atoms in total. The second-order valence-corrected chi connectivity index (χ2v) is 11.4. The molecule has 0 spiro atoms. The fraction of sp³-hybridized carbons (Fsp3) is 0.370. The number of thioether (sulfide) groups is 1. The standard InChI is InChI=1S/C27H29Cl2N7O3S/c1-4-21(22(37)14-36-23(33-34-35-36)13-18-19(28)11-8-12-20(18)29)31-24(38)16(2)30-26(39)27(3)15-40-25(32-27)17-9-6-5-7-10-17/h5-12,16,21H,4,13-15H2,1-3H3,(H,30,39)(H,31,38). The molecule has 3 atom stereocenters. The molecule has 1 aliphatic heterocycles. The molecule has 13 heteroatoms. The fourth-order valence-electron chi connectivity index (χ4n) is 4.06. The van der Waals surface area contributed by atoms with Crippen LogP contribution in [0.15, 0.2) is 53.5 Å². The van der Waals surface area contributed by atoms with Gasteiger partial charge >= 0.3 is 0 Å². The Kier molecular flexibility index (Phi) is 9.60. The van der Waals surface area contributed by atoms with Crippen LogP contribution in [-0.2, 0) is 27.3 Å². The molecule has 0 aliphatic carbocycles. The van der Waals surface area contributed by atoms with Crippen LogP contribution in [0, 0.1) is 0 Å². The fourth-order valence-corrected chi connectivity index (χ4v) is 5.77. The SMILES string of the molecule is CCC(NC(=O)C(C)NC(=O)C1(C)CSC(c2ccccc2)=N1)C(=O)Cn1nnnc1Cc1c(Cl)cccc1Cl. The number of hydrogen-bond acceptors (Lipinski definition) is 8. The van der Waals surface area contributed by atoms with E-state index in [-0.39, 0.29) is 24.7 Å². The van der Waals surface area contributed by atoms with Gasteiger partial charge in [-0.05, 0) is 48.4 Å². The highest BCUT2D eigenvalue weighted by Crippen LogP contribution is 2.31. The minimum absolute atomic E-state index is 0.157. The Hall–Kier alpha value is -3.28. The quantitative estimate of drug-likeness (QED) is 0.344. The van der Waals surface area contributed by atoms with Crippen molar-refractivity contribution in [2.75, 3.05) is 5.75 Å². The second kappa shape index (κ2) is 12.9. The van der Waals surface area contributed by atoms with Crippen LogP contribution in [-0.4, -0.2) is 66.2 Å². The van der Waals surface area contributed by atoms with Crippen LogP contribution in [0.3, 0.4) is 0 Å². The molecule has 1 aliphatic rings. The number of aromatic nitrogens is 4. The number of halogens is 2. The summed E-state index contributed by atoms with van der Waals surface area (Å²) in [5, 5.41) is 18.8. The van der Waals surface area contributed by atoms with E-state index in [2.05, 4.69) is 31.2 Å². The summed E-state index contributed by atoms with van der Waals surface area (Å²) in [6, 6.07) is 13.1. The van der Waals surface area contributed by atoms with E-state index >= 15 is 0 Å². The van der Waals surface area contributed by atoms with Crippen molar-refractivity contribution in [3.63, 3.8) is 0 Å². The van der Waals surface area contributed by atoms with Crippen LogP contribution in [0.1, 0.15) is 44.1 Å². The van der Waals surface area contributed by atoms with Crippen LogP contribution in [0.4, 0.5) is 0 Å². The third kappa shape index (κ3) is 6.89. The van der Waals surface area contributed by atoms with E-state index < -0.39 is 23.5 Å². The molecule has 0 saturated carbocycles. The monoisotopic (exact) mass is 601 g/mol. The van der Waals surface area contributed by atoms with Gasteiger partial charge in [-0.2, -0.15) is 0 Å². The van der Waals surface area contributed by atoms with Crippen molar-refractivity contribution < 1.29 is 14.4 Å². The van der Waals surface area contributed by atoms with Crippen molar-refractivity contribution >= 4 is 57.6 Å². The number of nitrogens with one attached hydrogen (secondary N) is 2. The van der Waals surface area contributed by atoms with Crippen LogP contribution in [0.5, 0.6) is 0 Å². The van der Waals surface area contributed by atoms with Gasteiger partial charge < -0.3 is 10.6 Å². The predicted molar refractivity (Wildman–Crippen MR) is 156 cm³/mol. The van der Waals surface area contributed by atoms with E-state index in [1.807, 2.05) is 30.3 Å². The number of rotatable bonds is 11. The number of nitrogens with zero attached hydrogens (tertiary/aromatic N) is 5. The summed E-state index contributed by atoms with van der Waals surface area (Å²) in [5.74, 6) is -0.256. The van der Waals surface area contributed by atoms with Crippen molar-refractivity contribution in [2.45, 2.75) is 57.8 Å². The summed E-state index contributed by atoms with van der Waals surface area (Å²) in [6.45, 7) is 4.95. The molecule has 1 aromatic heterocycles. The average molecular weight is 603 g/mol. The zero-order valence-electron chi connectivity index (χ0n) is 22.2. The number of Topliss-reactive ketones (excluding diaryl/α,β-unsaturated/α-hetero) is 1. The zero-order chi connectivity index (χ0) is 28.9. The van der Waals surface area contributed by atoms with Gasteiger partial charge in [-0.1, -0.05) is 66.5 Å². The number of hydrogen-bond donors (Lipinski definition) is 2. The molecule has 2 heterocycles. The maximum atomic E-state index is 13.1. The summed E-state index contributed by atoms with van der Waals surface area (Å²) in [5.41, 5.74) is 0.583. The Morgan fingerprint density at radius 2 is 1.77 bits per heavy atom. The molecule has 2 aromatic carbocycles. The minimum Gasteiger partial charge on any atom is -0.344 e. The van der Waals surface area contributed by atoms with E-state index in [4.69, 9.17) is 23.2 Å². The van der Waals surface area contributed by atoms with Gasteiger partial charge in [0.2, 0.25) is 11.8 Å². The van der Waals surface area contributed by atoms with Gasteiger partial charge in [0.1, 0.15) is 18.1 Å². The lowest BCUT2D eigenvalue weighted by Crippen LogP contribution is -2.54. The summed E-state index contributed by atoms with van der Waals surface area (Å²) in [7, 11) is 0. The zero-order valence-corrected chi connectivity index (χ0v) is 24.6. The Bertz CT molecular complexity index is 1410. The van der Waals surface area contributed by atoms with Crippen molar-refractivity contribution in [3.05, 3.63) is 75.5 Å². The second-order valence-electron chi connectivity index (χ2n) is 9.61. The van der Waals surface area contributed by atoms with Gasteiger partial charge in [-0.15, -0.1) is 16.9 Å². The van der Waals surface area contributed by atoms with Crippen molar-refractivity contribution in [1.29, 1.82) is 0 Å². The smallest absolute Gasteiger partial charge is 0.249 e. The Morgan fingerprint density at radius 1 is 1.07 bits per heavy atom. The predicted octanol–water partition coefficient (Wildman–Crippen LogP) is 3.49. The molecule has 0 bridgehead atoms. The molecular formula is C27H29Cl2N7O3S. The first kappa shape index (κ1) is 29.7. The number of carbonyl (C=O) groups is 3. The lowest BCUT2D eigenvalue weighted by Gasteiger charge is -2.23. The molecule has 3 aromatic rings. The van der Waals surface area contributed by atoms with Crippen molar-refractivity contribution in [3.8, 4) is 0 Å². The third-order valence-electron chi connectivity index (χ3n) is 6.51. The Labute approximate surface area is 246 Å². The van der Waals surface area contributed by atoms with Gasteiger partial charge in [0.15, 0.2) is 11.6 Å². The highest BCUT2D eigenvalue weighted by Gasteiger charge is 2.39. The summed E-state index contributed by atoms with van der Waals surface area (Å²) < 4.78 is 1.36. The third-order valence-corrected chi connectivity index (χ3v) is 8.53. The normalized spacial score (nSPS) is 18.1. The molecule has 40 heavy (non-hydrogen) atoms. The number of carbonyl (C=O) groups excluding carboxylic acids is 3. The van der Waals surface area contributed by atoms with E-state index in [0.717, 1.165) is 10.6 Å². The van der Waals surface area contributed by atoms with Crippen LogP contribution >= 0.6 is 35.0 Å². The molecule has 4 rings (SSSR count). The largest absolute Gasteiger partial charge is 0.344 e. The minimum atomic E-state index is -1.01. The average Bonchev–Trinajstić information content (AvgIpc) is 3.56. The van der Waals surface area contributed by atoms with Crippen LogP contribution in [0.2, 0.25) is 10.0 Å². The number of amides is 2. The van der Waals surface area contributed by atoms with Gasteiger partial charge in [-0.25, -0.2) is 4.68 Å². The van der Waals surface area contributed by atoms with Gasteiger partial charge in [0, 0.05) is 27.8 Å². The van der Waals surface area contributed by atoms with E-state index in [1.165, 1.54) is 16.4 Å². The van der Waals surface area contributed by atoms with E-state index in [1.54, 1.807) is 39.0 Å². The summed E-state index contributed by atoms with van der Waals surface area (Å²) in [4.78, 5) is 43.8. The summed E-state index contributed by atoms with van der Waals surface area (Å²) >= 11 is 14.0. The van der Waals surface area contributed by atoms with Crippen molar-refractivity contribution in [2.24, 2.45) is 4.99 Å². The first-order chi connectivity index (χ1) is 19.1. The maximum Gasteiger partial charge on any atom is 0.249 e. The highest BCUT2D eigenvalue weighted by atomic mass is 35.5. The van der Waals surface area contributed by atoms with Gasteiger partial charge in [-0.3, -0.25) is 19.4 Å². The molecule has 3 unspecified atom stereocenters. The topological polar surface area (TPSA) is 131 Å². The molecule has 2 amide bonds. The number of benzene rings is 2. The first-order valence-electron chi connectivity index (χ1n) is 12.7. The lowest BCUT2D eigenvalue weighted by atomic mass is 10.0. The highest BCUT2D eigenvalue weighted by molar-refractivity contribution is 8.14. The van der Waals surface area contributed by atoms with E-state index in [0.29, 0.717) is 33.6 Å². The molecule has 0 saturated heterocycles. The molecule has 2 N–H and O–H groups in total. The Morgan fingerprint density at radius 3 is 2.45 bits per heavy atom. The van der Waals surface area contributed by atoms with Crippen LogP contribution in [0.25, 0.3) is 0 Å². The van der Waals surface area contributed by atoms with Crippen LogP contribution < -0.4 is 10.6 Å². The van der Waals surface area contributed by atoms with Gasteiger partial charge in [0.25, 0.3) is 0 Å². The Balaban J connectivity index is 1.35. The van der Waals surface area contributed by atoms with Gasteiger partial charge in [0.05, 0.1) is 11.1 Å². The number of aliphatic imine (C=N–C) groups is 1. The molecule has 0 fully saturated rings. The molecule has 0 radical (unpaired) electrons. The molecule has 210 valence electrons. The van der Waals surface area contributed by atoms with Crippen molar-refractivity contribution in [1.82, 2.24) is 30.8 Å².